The van der Waals surface area contributed by atoms with E-state index in [1.54, 1.807) is 7.11 Å². The second-order valence-corrected chi connectivity index (χ2v) is 3.96. The van der Waals surface area contributed by atoms with Gasteiger partial charge in [0.05, 0.1) is 7.11 Å². The minimum absolute atomic E-state index is 0.920. The van der Waals surface area contributed by atoms with Crippen molar-refractivity contribution in [1.29, 1.82) is 0 Å². The van der Waals surface area contributed by atoms with E-state index in [9.17, 15) is 0 Å². The van der Waals surface area contributed by atoms with E-state index < -0.39 is 0 Å². The van der Waals surface area contributed by atoms with E-state index in [1.807, 2.05) is 12.3 Å². The van der Waals surface area contributed by atoms with Crippen LogP contribution in [0.2, 0.25) is 0 Å². The smallest absolute Gasteiger partial charge is 0.171 e. The molecule has 0 fully saturated rings. The SMILES string of the molecule is CCCCN(C)c1nccc(CC)c1OC. The van der Waals surface area contributed by atoms with Crippen LogP contribution in [0.1, 0.15) is 32.3 Å². The highest BCUT2D eigenvalue weighted by Crippen LogP contribution is 2.29. The molecule has 0 aliphatic heterocycles. The van der Waals surface area contributed by atoms with Gasteiger partial charge in [-0.15, -0.1) is 0 Å². The molecule has 16 heavy (non-hydrogen) atoms. The van der Waals surface area contributed by atoms with Gasteiger partial charge >= 0.3 is 0 Å². The van der Waals surface area contributed by atoms with Crippen molar-refractivity contribution in [2.75, 3.05) is 25.6 Å². The molecule has 0 radical (unpaired) electrons. The zero-order chi connectivity index (χ0) is 12.0. The number of hydrogen-bond acceptors (Lipinski definition) is 3. The van der Waals surface area contributed by atoms with Crippen LogP contribution in [0.25, 0.3) is 0 Å². The number of hydrogen-bond donors (Lipinski definition) is 0. The van der Waals surface area contributed by atoms with Crippen LogP contribution in [-0.2, 0) is 6.42 Å². The van der Waals surface area contributed by atoms with Crippen molar-refractivity contribution >= 4 is 5.82 Å². The lowest BCUT2D eigenvalue weighted by Crippen LogP contribution is -2.20. The molecular weight excluding hydrogens is 200 g/mol. The molecule has 1 rings (SSSR count). The van der Waals surface area contributed by atoms with E-state index in [2.05, 4.69) is 30.8 Å². The van der Waals surface area contributed by atoms with Crippen molar-refractivity contribution < 1.29 is 4.74 Å². The average molecular weight is 222 g/mol. The number of rotatable bonds is 6. The van der Waals surface area contributed by atoms with E-state index in [1.165, 1.54) is 18.4 Å². The van der Waals surface area contributed by atoms with Gasteiger partial charge in [0.15, 0.2) is 11.6 Å². The molecule has 3 heteroatoms. The summed E-state index contributed by atoms with van der Waals surface area (Å²) in [6.07, 6.45) is 5.21. The minimum Gasteiger partial charge on any atom is -0.493 e. The van der Waals surface area contributed by atoms with Crippen LogP contribution in [0.15, 0.2) is 12.3 Å². The standard InChI is InChI=1S/C13H22N2O/c1-5-7-10-15(3)13-12(16-4)11(6-2)8-9-14-13/h8-9H,5-7,10H2,1-4H3. The van der Waals surface area contributed by atoms with Crippen LogP contribution < -0.4 is 9.64 Å². The molecular formula is C13H22N2O. The lowest BCUT2D eigenvalue weighted by molar-refractivity contribution is 0.408. The van der Waals surface area contributed by atoms with Crippen LogP contribution in [-0.4, -0.2) is 25.7 Å². The number of aromatic nitrogens is 1. The predicted octanol–water partition coefficient (Wildman–Crippen LogP) is 2.89. The number of unbranched alkanes of at least 4 members (excludes halogenated alkanes) is 1. The highest BCUT2D eigenvalue weighted by molar-refractivity contribution is 5.55. The maximum absolute atomic E-state index is 5.46. The van der Waals surface area contributed by atoms with E-state index in [4.69, 9.17) is 4.74 Å². The summed E-state index contributed by atoms with van der Waals surface area (Å²) in [5.41, 5.74) is 1.22. The lowest BCUT2D eigenvalue weighted by Gasteiger charge is -2.21. The molecule has 3 nitrogen and oxygen atoms in total. The van der Waals surface area contributed by atoms with Crippen molar-refractivity contribution in [3.05, 3.63) is 17.8 Å². The summed E-state index contributed by atoms with van der Waals surface area (Å²) in [6, 6.07) is 2.02. The molecule has 1 aromatic heterocycles. The van der Waals surface area contributed by atoms with Crippen LogP contribution >= 0.6 is 0 Å². The molecule has 1 heterocycles. The Bertz CT molecular complexity index is 326. The quantitative estimate of drug-likeness (QED) is 0.740. The highest BCUT2D eigenvalue weighted by Gasteiger charge is 2.12. The molecule has 0 saturated heterocycles. The maximum atomic E-state index is 5.46. The first-order valence-electron chi connectivity index (χ1n) is 5.97. The van der Waals surface area contributed by atoms with Gasteiger partial charge in [-0.1, -0.05) is 20.3 Å². The van der Waals surface area contributed by atoms with Crippen molar-refractivity contribution in [3.63, 3.8) is 0 Å². The fraction of sp³-hybridized carbons (Fsp3) is 0.615. The lowest BCUT2D eigenvalue weighted by atomic mass is 10.2. The Morgan fingerprint density at radius 1 is 1.38 bits per heavy atom. The first-order chi connectivity index (χ1) is 7.74. The minimum atomic E-state index is 0.920. The summed E-state index contributed by atoms with van der Waals surface area (Å²) in [5, 5.41) is 0. The molecule has 0 spiro atoms. The summed E-state index contributed by atoms with van der Waals surface area (Å²) < 4.78 is 5.46. The van der Waals surface area contributed by atoms with E-state index in [0.29, 0.717) is 0 Å². The van der Waals surface area contributed by atoms with Gasteiger partial charge < -0.3 is 9.64 Å². The fourth-order valence-corrected chi connectivity index (χ4v) is 1.75. The number of pyridine rings is 1. The third-order valence-electron chi connectivity index (χ3n) is 2.76. The zero-order valence-electron chi connectivity index (χ0n) is 10.8. The van der Waals surface area contributed by atoms with Gasteiger partial charge in [0.2, 0.25) is 0 Å². The molecule has 1 aromatic rings. The molecule has 0 unspecified atom stereocenters. The van der Waals surface area contributed by atoms with Gasteiger partial charge in [-0.05, 0) is 24.5 Å². The maximum Gasteiger partial charge on any atom is 0.171 e. The Morgan fingerprint density at radius 3 is 2.69 bits per heavy atom. The van der Waals surface area contributed by atoms with Gasteiger partial charge in [-0.2, -0.15) is 0 Å². The topological polar surface area (TPSA) is 25.4 Å². The van der Waals surface area contributed by atoms with E-state index in [0.717, 1.165) is 24.5 Å². The van der Waals surface area contributed by atoms with Crippen molar-refractivity contribution in [2.45, 2.75) is 33.1 Å². The van der Waals surface area contributed by atoms with Crippen LogP contribution in [0.4, 0.5) is 5.82 Å². The largest absolute Gasteiger partial charge is 0.493 e. The second-order valence-electron chi connectivity index (χ2n) is 3.96. The molecule has 0 amide bonds. The van der Waals surface area contributed by atoms with Gasteiger partial charge in [0, 0.05) is 19.8 Å². The Balaban J connectivity index is 2.93. The van der Waals surface area contributed by atoms with Crippen molar-refractivity contribution in [2.24, 2.45) is 0 Å². The number of anilines is 1. The van der Waals surface area contributed by atoms with Crippen LogP contribution in [0, 0.1) is 0 Å². The van der Waals surface area contributed by atoms with Crippen molar-refractivity contribution in [3.8, 4) is 5.75 Å². The number of ether oxygens (including phenoxy) is 1. The third kappa shape index (κ3) is 2.87. The van der Waals surface area contributed by atoms with Gasteiger partial charge in [-0.25, -0.2) is 4.98 Å². The Morgan fingerprint density at radius 2 is 2.12 bits per heavy atom. The number of nitrogens with zero attached hydrogens (tertiary/aromatic N) is 2. The number of aryl methyl sites for hydroxylation is 1. The summed E-state index contributed by atoms with van der Waals surface area (Å²) >= 11 is 0. The highest BCUT2D eigenvalue weighted by atomic mass is 16.5. The summed E-state index contributed by atoms with van der Waals surface area (Å²) in [5.74, 6) is 1.87. The summed E-state index contributed by atoms with van der Waals surface area (Å²) in [6.45, 7) is 5.35. The molecule has 0 aliphatic carbocycles. The normalized spacial score (nSPS) is 10.2. The molecule has 0 aromatic carbocycles. The predicted molar refractivity (Wildman–Crippen MR) is 68.3 cm³/mol. The average Bonchev–Trinajstić information content (AvgIpc) is 2.34. The third-order valence-corrected chi connectivity index (χ3v) is 2.76. The van der Waals surface area contributed by atoms with Crippen LogP contribution in [0.5, 0.6) is 5.75 Å². The Hall–Kier alpha value is -1.25. The first kappa shape index (κ1) is 12.8. The first-order valence-corrected chi connectivity index (χ1v) is 5.97. The molecule has 90 valence electrons. The van der Waals surface area contributed by atoms with Gasteiger partial charge in [-0.3, -0.25) is 0 Å². The zero-order valence-corrected chi connectivity index (χ0v) is 10.8. The van der Waals surface area contributed by atoms with Crippen LogP contribution in [0.3, 0.4) is 0 Å². The van der Waals surface area contributed by atoms with Crippen molar-refractivity contribution in [1.82, 2.24) is 4.98 Å². The molecule has 0 aliphatic rings. The van der Waals surface area contributed by atoms with Gasteiger partial charge in [0.1, 0.15) is 0 Å². The molecule has 0 atom stereocenters. The number of methoxy groups -OCH3 is 1. The van der Waals surface area contributed by atoms with Gasteiger partial charge in [0.25, 0.3) is 0 Å². The molecule has 0 bridgehead atoms. The molecule has 0 N–H and O–H groups in total. The summed E-state index contributed by atoms with van der Waals surface area (Å²) in [7, 11) is 3.79. The molecule has 0 saturated carbocycles. The second kappa shape index (κ2) is 6.36. The van der Waals surface area contributed by atoms with E-state index >= 15 is 0 Å². The Kier molecular flexibility index (Phi) is 5.09. The Labute approximate surface area is 98.4 Å². The summed E-state index contributed by atoms with van der Waals surface area (Å²) in [4.78, 5) is 6.58. The fourth-order valence-electron chi connectivity index (χ4n) is 1.75. The monoisotopic (exact) mass is 222 g/mol. The van der Waals surface area contributed by atoms with E-state index in [-0.39, 0.29) is 0 Å².